The van der Waals surface area contributed by atoms with Gasteiger partial charge in [-0.2, -0.15) is 0 Å². The maximum atomic E-state index is 11.9. The molecule has 0 saturated heterocycles. The number of hydrogen-bond acceptors (Lipinski definition) is 4. The minimum absolute atomic E-state index is 0.112. The van der Waals surface area contributed by atoms with Crippen molar-refractivity contribution in [3.63, 3.8) is 0 Å². The van der Waals surface area contributed by atoms with Crippen LogP contribution in [0.25, 0.3) is 0 Å². The van der Waals surface area contributed by atoms with Gasteiger partial charge in [-0.05, 0) is 13.8 Å². The highest BCUT2D eigenvalue weighted by Crippen LogP contribution is 2.03. The van der Waals surface area contributed by atoms with Crippen molar-refractivity contribution < 1.29 is 14.3 Å². The van der Waals surface area contributed by atoms with Gasteiger partial charge >= 0.3 is 6.03 Å². The van der Waals surface area contributed by atoms with Crippen LogP contribution in [0.1, 0.15) is 20.3 Å². The summed E-state index contributed by atoms with van der Waals surface area (Å²) >= 11 is 0. The summed E-state index contributed by atoms with van der Waals surface area (Å²) in [6.45, 7) is 5.62. The van der Waals surface area contributed by atoms with Crippen molar-refractivity contribution in [2.24, 2.45) is 0 Å². The zero-order valence-corrected chi connectivity index (χ0v) is 11.2. The minimum atomic E-state index is -0.252. The average molecular weight is 255 g/mol. The van der Waals surface area contributed by atoms with Crippen LogP contribution >= 0.6 is 0 Å². The normalized spacial score (nSPS) is 10.9. The molecule has 0 bridgehead atoms. The van der Waals surface area contributed by atoms with Crippen LogP contribution in [-0.2, 0) is 9.47 Å². The number of carbonyl (C=O) groups excluding carboxylic acids is 1. The summed E-state index contributed by atoms with van der Waals surface area (Å²) < 4.78 is 12.3. The molecule has 0 saturated carbocycles. The first-order valence-electron chi connectivity index (χ1n) is 6.15. The van der Waals surface area contributed by atoms with Gasteiger partial charge in [-0.25, -0.2) is 9.78 Å². The summed E-state index contributed by atoms with van der Waals surface area (Å²) in [5.74, 6) is 0. The lowest BCUT2D eigenvalue weighted by Crippen LogP contribution is -2.33. The summed E-state index contributed by atoms with van der Waals surface area (Å²) in [5.41, 5.74) is 0. The third-order valence-corrected chi connectivity index (χ3v) is 2.46. The van der Waals surface area contributed by atoms with E-state index in [-0.39, 0.29) is 12.3 Å². The predicted octanol–water partition coefficient (Wildman–Crippen LogP) is 1.57. The van der Waals surface area contributed by atoms with E-state index < -0.39 is 0 Å². The molecule has 1 rings (SSSR count). The Balaban J connectivity index is 2.39. The molecule has 102 valence electrons. The molecule has 0 spiro atoms. The van der Waals surface area contributed by atoms with Crippen LogP contribution in [0.5, 0.6) is 0 Å². The van der Waals surface area contributed by atoms with Gasteiger partial charge < -0.3 is 14.4 Å². The van der Waals surface area contributed by atoms with Crippen LogP contribution in [0.4, 0.5) is 4.79 Å². The fourth-order valence-electron chi connectivity index (χ4n) is 1.55. The lowest BCUT2D eigenvalue weighted by Gasteiger charge is -2.21. The van der Waals surface area contributed by atoms with E-state index >= 15 is 0 Å². The van der Waals surface area contributed by atoms with E-state index in [0.717, 1.165) is 0 Å². The standard InChI is InChI=1S/C12H21N3O3/c1-4-17-11(18-5-2)6-8-14(3)12(16)15-9-7-13-10-15/h7,9-11H,4-6,8H2,1-3H3. The average Bonchev–Trinajstić information content (AvgIpc) is 2.89. The second kappa shape index (κ2) is 7.84. The fraction of sp³-hybridized carbons (Fsp3) is 0.667. The number of ether oxygens (including phenoxy) is 2. The molecule has 0 N–H and O–H groups in total. The molecule has 0 aliphatic rings. The number of hydrogen-bond donors (Lipinski definition) is 0. The van der Waals surface area contributed by atoms with E-state index in [1.54, 1.807) is 24.3 Å². The van der Waals surface area contributed by atoms with Crippen molar-refractivity contribution >= 4 is 6.03 Å². The molecule has 0 fully saturated rings. The molecule has 0 radical (unpaired) electrons. The van der Waals surface area contributed by atoms with Gasteiger partial charge in [0, 0.05) is 45.6 Å². The van der Waals surface area contributed by atoms with E-state index in [1.165, 1.54) is 10.9 Å². The highest BCUT2D eigenvalue weighted by molar-refractivity contribution is 5.76. The predicted molar refractivity (Wildman–Crippen MR) is 67.3 cm³/mol. The molecule has 0 aliphatic carbocycles. The lowest BCUT2D eigenvalue weighted by atomic mass is 10.4. The van der Waals surface area contributed by atoms with Gasteiger partial charge in [0.05, 0.1) is 0 Å². The Morgan fingerprint density at radius 3 is 2.56 bits per heavy atom. The summed E-state index contributed by atoms with van der Waals surface area (Å²) in [6.07, 6.45) is 5.09. The molecular weight excluding hydrogens is 234 g/mol. The maximum Gasteiger partial charge on any atom is 0.329 e. The summed E-state index contributed by atoms with van der Waals surface area (Å²) in [7, 11) is 1.75. The molecule has 0 aromatic carbocycles. The number of rotatable bonds is 7. The molecule has 0 unspecified atom stereocenters. The highest BCUT2D eigenvalue weighted by Gasteiger charge is 2.14. The topological polar surface area (TPSA) is 56.6 Å². The van der Waals surface area contributed by atoms with Crippen LogP contribution in [0, 0.1) is 0 Å². The Hall–Kier alpha value is -1.40. The number of carbonyl (C=O) groups is 1. The second-order valence-electron chi connectivity index (χ2n) is 3.80. The van der Waals surface area contributed by atoms with Gasteiger partial charge in [-0.3, -0.25) is 4.57 Å². The van der Waals surface area contributed by atoms with Crippen LogP contribution in [-0.4, -0.2) is 53.6 Å². The first kappa shape index (κ1) is 14.7. The summed E-state index contributed by atoms with van der Waals surface area (Å²) in [5, 5.41) is 0. The van der Waals surface area contributed by atoms with Gasteiger partial charge in [0.25, 0.3) is 0 Å². The van der Waals surface area contributed by atoms with Gasteiger partial charge in [-0.15, -0.1) is 0 Å². The molecule has 18 heavy (non-hydrogen) atoms. The Bertz CT molecular complexity index is 334. The molecule has 0 atom stereocenters. The smallest absolute Gasteiger partial charge is 0.329 e. The summed E-state index contributed by atoms with van der Waals surface area (Å²) in [6, 6.07) is -0.112. The SMILES string of the molecule is CCOC(CCN(C)C(=O)n1ccnc1)OCC. The fourth-order valence-corrected chi connectivity index (χ4v) is 1.55. The monoisotopic (exact) mass is 255 g/mol. The van der Waals surface area contributed by atoms with Crippen molar-refractivity contribution in [3.8, 4) is 0 Å². The molecule has 6 heteroatoms. The van der Waals surface area contributed by atoms with Crippen molar-refractivity contribution in [1.29, 1.82) is 0 Å². The zero-order chi connectivity index (χ0) is 13.4. The van der Waals surface area contributed by atoms with Crippen LogP contribution < -0.4 is 0 Å². The lowest BCUT2D eigenvalue weighted by molar-refractivity contribution is -0.140. The van der Waals surface area contributed by atoms with E-state index in [9.17, 15) is 4.79 Å². The third-order valence-electron chi connectivity index (χ3n) is 2.46. The molecule has 1 heterocycles. The molecule has 6 nitrogen and oxygen atoms in total. The third kappa shape index (κ3) is 4.46. The van der Waals surface area contributed by atoms with Gasteiger partial charge in [0.2, 0.25) is 0 Å². The van der Waals surface area contributed by atoms with Crippen molar-refractivity contribution in [2.75, 3.05) is 26.8 Å². The molecule has 1 aromatic rings. The zero-order valence-electron chi connectivity index (χ0n) is 11.2. The molecule has 0 aliphatic heterocycles. The second-order valence-corrected chi connectivity index (χ2v) is 3.80. The van der Waals surface area contributed by atoms with E-state index in [2.05, 4.69) is 4.98 Å². The molecule has 1 amide bonds. The van der Waals surface area contributed by atoms with E-state index in [0.29, 0.717) is 26.2 Å². The Kier molecular flexibility index (Phi) is 6.38. The minimum Gasteiger partial charge on any atom is -0.353 e. The quantitative estimate of drug-likeness (QED) is 0.694. The largest absolute Gasteiger partial charge is 0.353 e. The first-order chi connectivity index (χ1) is 8.69. The van der Waals surface area contributed by atoms with Crippen LogP contribution in [0.15, 0.2) is 18.7 Å². The number of imidazole rings is 1. The molecule has 1 aromatic heterocycles. The Morgan fingerprint density at radius 2 is 2.06 bits per heavy atom. The Labute approximate surface area is 108 Å². The Morgan fingerprint density at radius 1 is 1.39 bits per heavy atom. The van der Waals surface area contributed by atoms with Crippen molar-refractivity contribution in [3.05, 3.63) is 18.7 Å². The van der Waals surface area contributed by atoms with Gasteiger partial charge in [-0.1, -0.05) is 0 Å². The summed E-state index contributed by atoms with van der Waals surface area (Å²) in [4.78, 5) is 17.4. The van der Waals surface area contributed by atoms with Crippen molar-refractivity contribution in [1.82, 2.24) is 14.5 Å². The van der Waals surface area contributed by atoms with Gasteiger partial charge in [0.15, 0.2) is 6.29 Å². The number of nitrogens with zero attached hydrogens (tertiary/aromatic N) is 3. The number of aromatic nitrogens is 2. The van der Waals surface area contributed by atoms with Crippen molar-refractivity contribution in [2.45, 2.75) is 26.6 Å². The molecular formula is C12H21N3O3. The van der Waals surface area contributed by atoms with Gasteiger partial charge in [0.1, 0.15) is 6.33 Å². The maximum absolute atomic E-state index is 11.9. The van der Waals surface area contributed by atoms with E-state index in [1.807, 2.05) is 13.8 Å². The van der Waals surface area contributed by atoms with Crippen LogP contribution in [0.3, 0.4) is 0 Å². The number of amides is 1. The van der Waals surface area contributed by atoms with E-state index in [4.69, 9.17) is 9.47 Å². The van der Waals surface area contributed by atoms with Crippen LogP contribution in [0.2, 0.25) is 0 Å². The highest BCUT2D eigenvalue weighted by atomic mass is 16.7. The first-order valence-corrected chi connectivity index (χ1v) is 6.15.